The number of rotatable bonds is 7. The van der Waals surface area contributed by atoms with Gasteiger partial charge < -0.3 is 5.32 Å². The monoisotopic (exact) mass is 339 g/mol. The summed E-state index contributed by atoms with van der Waals surface area (Å²) in [6.45, 7) is 0.438. The third kappa shape index (κ3) is 5.53. The van der Waals surface area contributed by atoms with Crippen molar-refractivity contribution < 1.29 is 13.2 Å². The summed E-state index contributed by atoms with van der Waals surface area (Å²) in [5.41, 5.74) is 1.71. The zero-order valence-electron chi connectivity index (χ0n) is 12.2. The molecule has 2 aromatic rings. The van der Waals surface area contributed by atoms with Gasteiger partial charge in [0.1, 0.15) is 14.8 Å². The van der Waals surface area contributed by atoms with Crippen LogP contribution in [0.2, 0.25) is 0 Å². The Morgan fingerprint density at radius 3 is 2.86 bits per heavy atom. The highest BCUT2D eigenvalue weighted by atomic mass is 32.2. The molecule has 6 nitrogen and oxygen atoms in total. The highest BCUT2D eigenvalue weighted by Crippen LogP contribution is 2.21. The van der Waals surface area contributed by atoms with Gasteiger partial charge in [0, 0.05) is 37.2 Å². The van der Waals surface area contributed by atoms with Gasteiger partial charge in [-0.05, 0) is 12.1 Å². The normalized spacial score (nSPS) is 11.3. The summed E-state index contributed by atoms with van der Waals surface area (Å²) in [7, 11) is -3.10. The second kappa shape index (κ2) is 7.46. The van der Waals surface area contributed by atoms with E-state index in [1.807, 2.05) is 23.6 Å². The van der Waals surface area contributed by atoms with E-state index in [1.54, 1.807) is 6.20 Å². The number of thiazole rings is 1. The number of nitrogens with zero attached hydrogens (tertiary/aromatic N) is 2. The fourth-order valence-corrected chi connectivity index (χ4v) is 3.11. The molecule has 0 radical (unpaired) electrons. The average Bonchev–Trinajstić information content (AvgIpc) is 2.94. The van der Waals surface area contributed by atoms with E-state index in [1.165, 1.54) is 11.3 Å². The minimum atomic E-state index is -3.10. The van der Waals surface area contributed by atoms with Crippen molar-refractivity contribution in [3.8, 4) is 10.7 Å². The lowest BCUT2D eigenvalue weighted by Crippen LogP contribution is -2.27. The number of nitrogens with one attached hydrogen (secondary N) is 1. The molecule has 1 N–H and O–H groups in total. The molecule has 2 aromatic heterocycles. The summed E-state index contributed by atoms with van der Waals surface area (Å²) in [4.78, 5) is 20.2. The van der Waals surface area contributed by atoms with Gasteiger partial charge in [0.2, 0.25) is 5.91 Å². The van der Waals surface area contributed by atoms with Crippen LogP contribution in [-0.4, -0.2) is 42.8 Å². The summed E-state index contributed by atoms with van der Waals surface area (Å²) in [6.07, 6.45) is 3.44. The van der Waals surface area contributed by atoms with Crippen molar-refractivity contribution in [2.24, 2.45) is 0 Å². The van der Waals surface area contributed by atoms with Crippen LogP contribution in [0.15, 0.2) is 29.8 Å². The van der Waals surface area contributed by atoms with Crippen LogP contribution >= 0.6 is 11.3 Å². The summed E-state index contributed by atoms with van der Waals surface area (Å²) < 4.78 is 21.9. The lowest BCUT2D eigenvalue weighted by Gasteiger charge is -2.03. The topological polar surface area (TPSA) is 89.0 Å². The van der Waals surface area contributed by atoms with Gasteiger partial charge in [-0.15, -0.1) is 11.3 Å². The van der Waals surface area contributed by atoms with Gasteiger partial charge >= 0.3 is 0 Å². The van der Waals surface area contributed by atoms with E-state index in [0.29, 0.717) is 13.0 Å². The van der Waals surface area contributed by atoms with E-state index < -0.39 is 9.84 Å². The third-order valence-electron chi connectivity index (χ3n) is 2.84. The highest BCUT2D eigenvalue weighted by molar-refractivity contribution is 7.90. The van der Waals surface area contributed by atoms with Gasteiger partial charge in [-0.2, -0.15) is 0 Å². The van der Waals surface area contributed by atoms with E-state index in [4.69, 9.17) is 0 Å². The molecule has 1 amide bonds. The first kappa shape index (κ1) is 16.6. The van der Waals surface area contributed by atoms with Crippen LogP contribution in [0.4, 0.5) is 0 Å². The fraction of sp³-hybridized carbons (Fsp3) is 0.357. The molecule has 118 valence electrons. The fourth-order valence-electron chi connectivity index (χ4n) is 1.73. The third-order valence-corrected chi connectivity index (χ3v) is 4.70. The van der Waals surface area contributed by atoms with Crippen LogP contribution < -0.4 is 5.32 Å². The molecule has 0 saturated heterocycles. The average molecular weight is 339 g/mol. The summed E-state index contributed by atoms with van der Waals surface area (Å²) in [5, 5.41) is 5.48. The number of pyridine rings is 1. The molecule has 0 saturated carbocycles. The molecule has 0 aliphatic heterocycles. The van der Waals surface area contributed by atoms with Crippen molar-refractivity contribution in [1.29, 1.82) is 0 Å². The number of aromatic nitrogens is 2. The predicted octanol–water partition coefficient (Wildman–Crippen LogP) is 1.30. The summed E-state index contributed by atoms with van der Waals surface area (Å²) >= 11 is 1.51. The van der Waals surface area contributed by atoms with Crippen LogP contribution in [0.3, 0.4) is 0 Å². The minimum Gasteiger partial charge on any atom is -0.356 e. The smallest absolute Gasteiger partial charge is 0.221 e. The Morgan fingerprint density at radius 1 is 1.36 bits per heavy atom. The van der Waals surface area contributed by atoms with Crippen molar-refractivity contribution in [1.82, 2.24) is 15.3 Å². The van der Waals surface area contributed by atoms with Crippen LogP contribution in [0.1, 0.15) is 12.1 Å². The van der Waals surface area contributed by atoms with Crippen LogP contribution in [-0.2, 0) is 21.1 Å². The number of carbonyl (C=O) groups is 1. The molecule has 0 unspecified atom stereocenters. The summed E-state index contributed by atoms with van der Waals surface area (Å²) in [6, 6.07) is 5.66. The van der Waals surface area contributed by atoms with E-state index in [-0.39, 0.29) is 18.1 Å². The SMILES string of the molecule is CS(=O)(=O)CCC(=O)NCCc1csc(-c2ccccn2)n1. The Bertz CT molecular complexity index is 727. The lowest BCUT2D eigenvalue weighted by atomic mass is 10.3. The lowest BCUT2D eigenvalue weighted by molar-refractivity contribution is -0.120. The van der Waals surface area contributed by atoms with E-state index >= 15 is 0 Å². The van der Waals surface area contributed by atoms with Crippen LogP contribution in [0, 0.1) is 0 Å². The molecule has 0 fully saturated rings. The number of carbonyl (C=O) groups excluding carboxylic acids is 1. The zero-order chi connectivity index (χ0) is 16.0. The van der Waals surface area contributed by atoms with Crippen molar-refractivity contribution >= 4 is 27.1 Å². The first-order valence-electron chi connectivity index (χ1n) is 6.74. The maximum atomic E-state index is 11.5. The van der Waals surface area contributed by atoms with Crippen molar-refractivity contribution in [3.05, 3.63) is 35.5 Å². The first-order valence-corrected chi connectivity index (χ1v) is 9.68. The molecule has 0 aromatic carbocycles. The molecule has 22 heavy (non-hydrogen) atoms. The molecule has 0 spiro atoms. The second-order valence-electron chi connectivity index (χ2n) is 4.84. The van der Waals surface area contributed by atoms with Crippen molar-refractivity contribution in [2.75, 3.05) is 18.6 Å². The van der Waals surface area contributed by atoms with Gasteiger partial charge in [-0.1, -0.05) is 6.07 Å². The number of hydrogen-bond donors (Lipinski definition) is 1. The van der Waals surface area contributed by atoms with E-state index in [2.05, 4.69) is 15.3 Å². The van der Waals surface area contributed by atoms with Crippen LogP contribution in [0.25, 0.3) is 10.7 Å². The Morgan fingerprint density at radius 2 is 2.18 bits per heavy atom. The molecule has 2 heterocycles. The maximum Gasteiger partial charge on any atom is 0.221 e. The predicted molar refractivity (Wildman–Crippen MR) is 86.4 cm³/mol. The van der Waals surface area contributed by atoms with Crippen LogP contribution in [0.5, 0.6) is 0 Å². The van der Waals surface area contributed by atoms with Gasteiger partial charge in [0.05, 0.1) is 17.1 Å². The Kier molecular flexibility index (Phi) is 5.62. The quantitative estimate of drug-likeness (QED) is 0.821. The molecular weight excluding hydrogens is 322 g/mol. The second-order valence-corrected chi connectivity index (χ2v) is 7.96. The maximum absolute atomic E-state index is 11.5. The van der Waals surface area contributed by atoms with Crippen molar-refractivity contribution in [3.63, 3.8) is 0 Å². The Labute approximate surface area is 133 Å². The van der Waals surface area contributed by atoms with Gasteiger partial charge in [0.15, 0.2) is 0 Å². The molecule has 0 bridgehead atoms. The summed E-state index contributed by atoms with van der Waals surface area (Å²) in [5.74, 6) is -0.384. The molecule has 2 rings (SSSR count). The van der Waals surface area contributed by atoms with E-state index in [0.717, 1.165) is 22.7 Å². The number of sulfone groups is 1. The largest absolute Gasteiger partial charge is 0.356 e. The molecule has 0 aliphatic carbocycles. The first-order chi connectivity index (χ1) is 10.4. The molecule has 8 heteroatoms. The van der Waals surface area contributed by atoms with Gasteiger partial charge in [0.25, 0.3) is 0 Å². The van der Waals surface area contributed by atoms with Gasteiger partial charge in [-0.25, -0.2) is 13.4 Å². The minimum absolute atomic E-state index is 0.00488. The Hall–Kier alpha value is -1.80. The molecular formula is C14H17N3O3S2. The Balaban J connectivity index is 1.78. The van der Waals surface area contributed by atoms with E-state index in [9.17, 15) is 13.2 Å². The number of amides is 1. The zero-order valence-corrected chi connectivity index (χ0v) is 13.8. The van der Waals surface area contributed by atoms with Gasteiger partial charge in [-0.3, -0.25) is 9.78 Å². The number of hydrogen-bond acceptors (Lipinski definition) is 6. The molecule has 0 aliphatic rings. The van der Waals surface area contributed by atoms with Crippen molar-refractivity contribution in [2.45, 2.75) is 12.8 Å². The highest BCUT2D eigenvalue weighted by Gasteiger charge is 2.09. The molecule has 0 atom stereocenters. The standard InChI is InChI=1S/C14H17N3O3S2/c1-22(19,20)9-6-13(18)16-8-5-11-10-21-14(17-11)12-4-2-3-7-15-12/h2-4,7,10H,5-6,8-9H2,1H3,(H,16,18).